The quantitative estimate of drug-likeness (QED) is 0.227. The Morgan fingerprint density at radius 1 is 0.833 bits per heavy atom. The second-order valence-electron chi connectivity index (χ2n) is 10.9. The van der Waals surface area contributed by atoms with Crippen molar-refractivity contribution in [3.63, 3.8) is 0 Å². The summed E-state index contributed by atoms with van der Waals surface area (Å²) in [5.41, 5.74) is 8.12. The molecule has 0 saturated heterocycles. The molecule has 2 aliphatic rings. The van der Waals surface area contributed by atoms with E-state index in [0.717, 1.165) is 70.1 Å². The Morgan fingerprint density at radius 3 is 2.33 bits per heavy atom. The number of hydrogen-bond acceptors (Lipinski definition) is 5. The Labute approximate surface area is 244 Å². The molecule has 1 N–H and O–H groups in total. The van der Waals surface area contributed by atoms with Gasteiger partial charge in [-0.1, -0.05) is 24.3 Å². The number of fused-ring (bicyclic) bond motifs is 6. The largest absolute Gasteiger partial charge is 0.497 e. The second kappa shape index (κ2) is 10.7. The number of halogens is 1. The summed E-state index contributed by atoms with van der Waals surface area (Å²) >= 11 is 0. The lowest BCUT2D eigenvalue weighted by Gasteiger charge is -2.46. The Bertz CT molecular complexity index is 1750. The molecule has 42 heavy (non-hydrogen) atoms. The van der Waals surface area contributed by atoms with Gasteiger partial charge >= 0.3 is 0 Å². The van der Waals surface area contributed by atoms with Crippen LogP contribution in [-0.2, 0) is 19.4 Å². The number of nitrogens with zero attached hydrogens (tertiary/aromatic N) is 1. The van der Waals surface area contributed by atoms with E-state index in [1.807, 2.05) is 42.5 Å². The van der Waals surface area contributed by atoms with Crippen molar-refractivity contribution in [1.29, 1.82) is 0 Å². The first-order valence-electron chi connectivity index (χ1n) is 14.2. The van der Waals surface area contributed by atoms with E-state index in [-0.39, 0.29) is 17.9 Å². The minimum Gasteiger partial charge on any atom is -0.497 e. The zero-order valence-corrected chi connectivity index (χ0v) is 23.9. The number of H-pyrrole nitrogens is 1. The van der Waals surface area contributed by atoms with Crippen LogP contribution in [0, 0.1) is 5.82 Å². The molecule has 2 atom stereocenters. The fourth-order valence-electron chi connectivity index (χ4n) is 6.61. The molecule has 7 heteroatoms. The van der Waals surface area contributed by atoms with Gasteiger partial charge in [0.15, 0.2) is 11.5 Å². The molecule has 1 aromatic heterocycles. The van der Waals surface area contributed by atoms with Gasteiger partial charge in [0.2, 0.25) is 0 Å². The van der Waals surface area contributed by atoms with Gasteiger partial charge in [0.25, 0.3) is 0 Å². The van der Waals surface area contributed by atoms with Crippen molar-refractivity contribution in [3.8, 4) is 23.0 Å². The number of methoxy groups -OCH3 is 3. The van der Waals surface area contributed by atoms with E-state index in [1.165, 1.54) is 16.7 Å². The van der Waals surface area contributed by atoms with Crippen molar-refractivity contribution >= 4 is 10.9 Å². The van der Waals surface area contributed by atoms with E-state index in [9.17, 15) is 4.39 Å². The van der Waals surface area contributed by atoms with E-state index < -0.39 is 0 Å². The number of nitrogens with one attached hydrogen (secondary N) is 1. The van der Waals surface area contributed by atoms with E-state index in [1.54, 1.807) is 33.5 Å². The molecular weight excluding hydrogens is 531 g/mol. The maximum atomic E-state index is 14.0. The van der Waals surface area contributed by atoms with Gasteiger partial charge in [0.05, 0.1) is 27.4 Å². The van der Waals surface area contributed by atoms with Gasteiger partial charge in [-0.05, 0) is 95.3 Å². The summed E-state index contributed by atoms with van der Waals surface area (Å²) in [6.45, 7) is 1.28. The molecule has 0 saturated carbocycles. The third-order valence-electron chi connectivity index (χ3n) is 8.71. The van der Waals surface area contributed by atoms with Crippen LogP contribution in [-0.4, -0.2) is 37.8 Å². The summed E-state index contributed by atoms with van der Waals surface area (Å²) < 4.78 is 37.0. The lowest BCUT2D eigenvalue weighted by molar-refractivity contribution is 0.127. The minimum atomic E-state index is -0.234. The zero-order chi connectivity index (χ0) is 28.8. The highest BCUT2D eigenvalue weighted by atomic mass is 19.1. The molecule has 0 radical (unpaired) electrons. The van der Waals surface area contributed by atoms with Crippen LogP contribution in [0.15, 0.2) is 78.9 Å². The van der Waals surface area contributed by atoms with Gasteiger partial charge in [-0.15, -0.1) is 0 Å². The Kier molecular flexibility index (Phi) is 6.75. The van der Waals surface area contributed by atoms with Crippen molar-refractivity contribution in [2.24, 2.45) is 0 Å². The van der Waals surface area contributed by atoms with Crippen LogP contribution in [0.4, 0.5) is 4.39 Å². The normalized spacial score (nSPS) is 17.7. The molecule has 2 unspecified atom stereocenters. The van der Waals surface area contributed by atoms with Crippen LogP contribution >= 0.6 is 0 Å². The van der Waals surface area contributed by atoms with E-state index in [2.05, 4.69) is 34.1 Å². The molecule has 2 aliphatic heterocycles. The van der Waals surface area contributed by atoms with Crippen LogP contribution in [0.3, 0.4) is 0 Å². The average molecular weight is 565 g/mol. The highest BCUT2D eigenvalue weighted by Gasteiger charge is 2.41. The van der Waals surface area contributed by atoms with Crippen LogP contribution < -0.4 is 18.9 Å². The predicted molar refractivity (Wildman–Crippen MR) is 160 cm³/mol. The van der Waals surface area contributed by atoms with Gasteiger partial charge in [-0.3, -0.25) is 4.90 Å². The topological polar surface area (TPSA) is 56.0 Å². The third-order valence-corrected chi connectivity index (χ3v) is 8.71. The highest BCUT2D eigenvalue weighted by molar-refractivity contribution is 5.87. The molecule has 3 heterocycles. The maximum absolute atomic E-state index is 14.0. The minimum absolute atomic E-state index is 0.0448. The average Bonchev–Trinajstić information content (AvgIpc) is 3.40. The van der Waals surface area contributed by atoms with E-state index in [0.29, 0.717) is 6.61 Å². The van der Waals surface area contributed by atoms with Gasteiger partial charge in [-0.25, -0.2) is 4.39 Å². The summed E-state index contributed by atoms with van der Waals surface area (Å²) in [6.07, 6.45) is 1.71. The molecule has 0 spiro atoms. The molecule has 4 aromatic carbocycles. The lowest BCUT2D eigenvalue weighted by Crippen LogP contribution is -2.43. The molecule has 0 fully saturated rings. The van der Waals surface area contributed by atoms with Gasteiger partial charge in [0, 0.05) is 29.2 Å². The standard InChI is InChI=1S/C35H33FN2O4/c1-39-25-10-4-21(5-11-25)20-42-33-19-27-23(16-32(33)41-3)14-15-38-31(27)18-29-28-17-26(40-2)12-13-30(28)37-34(29)35(38)22-6-8-24(36)9-7-22/h4-13,16-17,19,31,35,37H,14-15,18,20H2,1-3H3. The summed E-state index contributed by atoms with van der Waals surface area (Å²) in [5, 5.41) is 1.16. The Hall–Kier alpha value is -4.49. The fraction of sp³-hybridized carbons (Fsp3) is 0.257. The highest BCUT2D eigenvalue weighted by Crippen LogP contribution is 2.50. The molecule has 6 nitrogen and oxygen atoms in total. The lowest BCUT2D eigenvalue weighted by atomic mass is 9.80. The molecule has 0 aliphatic carbocycles. The first-order chi connectivity index (χ1) is 20.6. The van der Waals surface area contributed by atoms with Crippen molar-refractivity contribution in [2.75, 3.05) is 27.9 Å². The van der Waals surface area contributed by atoms with Gasteiger partial charge < -0.3 is 23.9 Å². The number of rotatable bonds is 7. The first-order valence-corrected chi connectivity index (χ1v) is 14.2. The van der Waals surface area contributed by atoms with Gasteiger partial charge in [0.1, 0.15) is 23.9 Å². The number of aromatic nitrogens is 1. The van der Waals surface area contributed by atoms with Crippen molar-refractivity contribution in [3.05, 3.63) is 118 Å². The van der Waals surface area contributed by atoms with Crippen LogP contribution in [0.5, 0.6) is 23.0 Å². The summed E-state index contributed by atoms with van der Waals surface area (Å²) in [6, 6.07) is 25.4. The Balaban J connectivity index is 1.31. The summed E-state index contributed by atoms with van der Waals surface area (Å²) in [7, 11) is 5.05. The number of hydrogen-bond donors (Lipinski definition) is 1. The van der Waals surface area contributed by atoms with Crippen LogP contribution in [0.25, 0.3) is 10.9 Å². The number of ether oxygens (including phenoxy) is 4. The SMILES string of the molecule is COc1ccc(COc2cc3c(cc2OC)CCN2C3Cc3c([nH]c4ccc(OC)cc34)C2c2ccc(F)cc2)cc1. The third kappa shape index (κ3) is 4.54. The van der Waals surface area contributed by atoms with Crippen LogP contribution in [0.1, 0.15) is 45.6 Å². The van der Waals surface area contributed by atoms with Crippen molar-refractivity contribution < 1.29 is 23.3 Å². The summed E-state index contributed by atoms with van der Waals surface area (Å²) in [5.74, 6) is 2.86. The maximum Gasteiger partial charge on any atom is 0.162 e. The van der Waals surface area contributed by atoms with E-state index in [4.69, 9.17) is 18.9 Å². The monoisotopic (exact) mass is 564 g/mol. The molecule has 5 aromatic rings. The van der Waals surface area contributed by atoms with Crippen molar-refractivity contribution in [1.82, 2.24) is 9.88 Å². The fourth-order valence-corrected chi connectivity index (χ4v) is 6.61. The molecular formula is C35H33FN2O4. The predicted octanol–water partition coefficient (Wildman–Crippen LogP) is 7.16. The van der Waals surface area contributed by atoms with Crippen molar-refractivity contribution in [2.45, 2.75) is 31.5 Å². The molecule has 7 rings (SSSR count). The number of benzene rings is 4. The second-order valence-corrected chi connectivity index (χ2v) is 10.9. The zero-order valence-electron chi connectivity index (χ0n) is 23.9. The smallest absolute Gasteiger partial charge is 0.162 e. The molecule has 0 amide bonds. The number of aromatic amines is 1. The van der Waals surface area contributed by atoms with Crippen LogP contribution in [0.2, 0.25) is 0 Å². The first kappa shape index (κ1) is 26.4. The molecule has 214 valence electrons. The van der Waals surface area contributed by atoms with Gasteiger partial charge in [-0.2, -0.15) is 0 Å². The summed E-state index contributed by atoms with van der Waals surface area (Å²) in [4.78, 5) is 6.27. The Morgan fingerprint density at radius 2 is 1.60 bits per heavy atom. The molecule has 0 bridgehead atoms. The van der Waals surface area contributed by atoms with E-state index >= 15 is 0 Å².